The SMILES string of the molecule is CN1CCOC(CNS(=O)(=O)CC(N)=S)C1. The maximum atomic E-state index is 11.4. The second kappa shape index (κ2) is 5.87. The van der Waals surface area contributed by atoms with Crippen LogP contribution in [0, 0.1) is 0 Å². The largest absolute Gasteiger partial charge is 0.392 e. The summed E-state index contributed by atoms with van der Waals surface area (Å²) in [6.45, 7) is 2.47. The van der Waals surface area contributed by atoms with Crippen LogP contribution in [-0.4, -0.2) is 63.5 Å². The van der Waals surface area contributed by atoms with Gasteiger partial charge in [-0.15, -0.1) is 0 Å². The highest BCUT2D eigenvalue weighted by molar-refractivity contribution is 7.92. The van der Waals surface area contributed by atoms with Crippen LogP contribution < -0.4 is 10.5 Å². The Morgan fingerprint density at radius 3 is 2.94 bits per heavy atom. The van der Waals surface area contributed by atoms with Crippen LogP contribution in [0.5, 0.6) is 0 Å². The Bertz CT molecular complexity index is 344. The average molecular weight is 267 g/mol. The van der Waals surface area contributed by atoms with Crippen molar-refractivity contribution in [2.45, 2.75) is 6.10 Å². The summed E-state index contributed by atoms with van der Waals surface area (Å²) in [4.78, 5) is 2.06. The van der Waals surface area contributed by atoms with E-state index in [-0.39, 0.29) is 23.4 Å². The number of thiocarbonyl (C=S) groups is 1. The zero-order valence-corrected chi connectivity index (χ0v) is 10.8. The fourth-order valence-electron chi connectivity index (χ4n) is 1.45. The van der Waals surface area contributed by atoms with Crippen LogP contribution in [0.3, 0.4) is 0 Å². The highest BCUT2D eigenvalue weighted by Gasteiger charge is 2.20. The first-order chi connectivity index (χ1) is 7.39. The van der Waals surface area contributed by atoms with Gasteiger partial charge in [0.2, 0.25) is 10.0 Å². The molecule has 3 N–H and O–H groups in total. The monoisotopic (exact) mass is 267 g/mol. The van der Waals surface area contributed by atoms with E-state index in [2.05, 4.69) is 21.8 Å². The van der Waals surface area contributed by atoms with Crippen molar-refractivity contribution in [1.82, 2.24) is 9.62 Å². The fourth-order valence-corrected chi connectivity index (χ4v) is 2.83. The molecule has 1 heterocycles. The van der Waals surface area contributed by atoms with Crippen LogP contribution in [0.2, 0.25) is 0 Å². The molecule has 0 amide bonds. The Balaban J connectivity index is 2.36. The summed E-state index contributed by atoms with van der Waals surface area (Å²) < 4.78 is 30.7. The number of sulfonamides is 1. The summed E-state index contributed by atoms with van der Waals surface area (Å²) >= 11 is 4.55. The third-order valence-electron chi connectivity index (χ3n) is 2.21. The number of nitrogens with one attached hydrogen (secondary N) is 1. The molecule has 1 fully saturated rings. The summed E-state index contributed by atoms with van der Waals surface area (Å²) in [6, 6.07) is 0. The first-order valence-electron chi connectivity index (χ1n) is 4.95. The van der Waals surface area contributed by atoms with Crippen molar-refractivity contribution >= 4 is 27.2 Å². The second-order valence-corrected chi connectivity index (χ2v) is 6.16. The number of hydrogen-bond donors (Lipinski definition) is 2. The van der Waals surface area contributed by atoms with Gasteiger partial charge in [0.25, 0.3) is 0 Å². The van der Waals surface area contributed by atoms with Gasteiger partial charge < -0.3 is 15.4 Å². The van der Waals surface area contributed by atoms with Gasteiger partial charge in [-0.1, -0.05) is 12.2 Å². The molecule has 1 aliphatic heterocycles. The molecule has 0 aliphatic carbocycles. The van der Waals surface area contributed by atoms with Crippen LogP contribution in [0.15, 0.2) is 0 Å². The normalized spacial score (nSPS) is 23.2. The van der Waals surface area contributed by atoms with Crippen molar-refractivity contribution in [3.63, 3.8) is 0 Å². The van der Waals surface area contributed by atoms with E-state index in [0.717, 1.165) is 13.1 Å². The molecule has 0 radical (unpaired) electrons. The minimum absolute atomic E-state index is 0.0332. The predicted octanol–water partition coefficient (Wildman–Crippen LogP) is -1.48. The third kappa shape index (κ3) is 5.17. The molecule has 0 bridgehead atoms. The number of hydrogen-bond acceptors (Lipinski definition) is 5. The molecule has 6 nitrogen and oxygen atoms in total. The zero-order valence-electron chi connectivity index (χ0n) is 9.18. The van der Waals surface area contributed by atoms with Gasteiger partial charge in [0.15, 0.2) is 0 Å². The van der Waals surface area contributed by atoms with Gasteiger partial charge in [0, 0.05) is 19.6 Å². The van der Waals surface area contributed by atoms with Crippen molar-refractivity contribution in [2.24, 2.45) is 5.73 Å². The number of ether oxygens (including phenoxy) is 1. The highest BCUT2D eigenvalue weighted by atomic mass is 32.2. The molecule has 1 unspecified atom stereocenters. The van der Waals surface area contributed by atoms with Gasteiger partial charge in [-0.2, -0.15) is 0 Å². The lowest BCUT2D eigenvalue weighted by atomic mass is 10.3. The minimum Gasteiger partial charge on any atom is -0.392 e. The molecule has 94 valence electrons. The average Bonchev–Trinajstić information content (AvgIpc) is 2.13. The quantitative estimate of drug-likeness (QED) is 0.591. The molecule has 0 aromatic heterocycles. The van der Waals surface area contributed by atoms with Crippen LogP contribution in [0.25, 0.3) is 0 Å². The van der Waals surface area contributed by atoms with Crippen molar-refractivity contribution in [1.29, 1.82) is 0 Å². The van der Waals surface area contributed by atoms with E-state index >= 15 is 0 Å². The van der Waals surface area contributed by atoms with Crippen molar-refractivity contribution in [2.75, 3.05) is 39.0 Å². The topological polar surface area (TPSA) is 84.7 Å². The number of morpholine rings is 1. The molecule has 16 heavy (non-hydrogen) atoms. The Kier molecular flexibility index (Phi) is 5.06. The summed E-state index contributed by atoms with van der Waals surface area (Å²) in [5.74, 6) is -0.315. The van der Waals surface area contributed by atoms with E-state index in [0.29, 0.717) is 6.61 Å². The van der Waals surface area contributed by atoms with Gasteiger partial charge in [-0.25, -0.2) is 13.1 Å². The lowest BCUT2D eigenvalue weighted by Gasteiger charge is -2.30. The second-order valence-electron chi connectivity index (χ2n) is 3.83. The molecule has 0 aromatic rings. The summed E-state index contributed by atoms with van der Waals surface area (Å²) in [5.41, 5.74) is 5.18. The first kappa shape index (κ1) is 13.8. The first-order valence-corrected chi connectivity index (χ1v) is 7.01. The molecule has 1 saturated heterocycles. The van der Waals surface area contributed by atoms with Crippen LogP contribution in [0.4, 0.5) is 0 Å². The Morgan fingerprint density at radius 1 is 1.69 bits per heavy atom. The number of likely N-dealkylation sites (N-methyl/N-ethyl adjacent to an activating group) is 1. The molecule has 8 heteroatoms. The minimum atomic E-state index is -3.41. The Hall–Kier alpha value is -0.280. The van der Waals surface area contributed by atoms with E-state index < -0.39 is 10.0 Å². The van der Waals surface area contributed by atoms with E-state index in [4.69, 9.17) is 10.5 Å². The van der Waals surface area contributed by atoms with Crippen LogP contribution in [0.1, 0.15) is 0 Å². The van der Waals surface area contributed by atoms with Gasteiger partial charge in [0.05, 0.1) is 17.7 Å². The summed E-state index contributed by atoms with van der Waals surface area (Å²) in [5, 5.41) is 0. The van der Waals surface area contributed by atoms with Crippen molar-refractivity contribution in [3.8, 4) is 0 Å². The standard InChI is InChI=1S/C8H17N3O3S2/c1-11-2-3-14-7(5-11)4-10-16(12,13)6-8(9)15/h7,10H,2-6H2,1H3,(H2,9,15). The van der Waals surface area contributed by atoms with Crippen LogP contribution >= 0.6 is 12.2 Å². The number of nitrogens with two attached hydrogens (primary N) is 1. The lowest BCUT2D eigenvalue weighted by molar-refractivity contribution is -0.0156. The molecule has 0 saturated carbocycles. The van der Waals surface area contributed by atoms with Crippen LogP contribution in [-0.2, 0) is 14.8 Å². The molecular weight excluding hydrogens is 250 g/mol. The molecule has 1 rings (SSSR count). The van der Waals surface area contributed by atoms with Crippen molar-refractivity contribution < 1.29 is 13.2 Å². The molecule has 0 aromatic carbocycles. The lowest BCUT2D eigenvalue weighted by Crippen LogP contribution is -2.46. The third-order valence-corrected chi connectivity index (χ3v) is 3.83. The van der Waals surface area contributed by atoms with E-state index in [1.807, 2.05) is 7.05 Å². The molecular formula is C8H17N3O3S2. The molecule has 1 atom stereocenters. The summed E-state index contributed by atoms with van der Waals surface area (Å²) in [7, 11) is -1.44. The summed E-state index contributed by atoms with van der Waals surface area (Å²) in [6.07, 6.45) is -0.111. The van der Waals surface area contributed by atoms with E-state index in [1.54, 1.807) is 0 Å². The predicted molar refractivity (Wildman–Crippen MR) is 65.8 cm³/mol. The van der Waals surface area contributed by atoms with Gasteiger partial charge in [-0.3, -0.25) is 0 Å². The van der Waals surface area contributed by atoms with E-state index in [9.17, 15) is 8.42 Å². The maximum absolute atomic E-state index is 11.4. The Morgan fingerprint density at radius 2 is 2.38 bits per heavy atom. The zero-order chi connectivity index (χ0) is 12.2. The van der Waals surface area contributed by atoms with Gasteiger partial charge in [-0.05, 0) is 7.05 Å². The molecule has 1 aliphatic rings. The maximum Gasteiger partial charge on any atom is 0.218 e. The fraction of sp³-hybridized carbons (Fsp3) is 0.875. The van der Waals surface area contributed by atoms with Gasteiger partial charge >= 0.3 is 0 Å². The molecule has 0 spiro atoms. The smallest absolute Gasteiger partial charge is 0.218 e. The highest BCUT2D eigenvalue weighted by Crippen LogP contribution is 2.02. The van der Waals surface area contributed by atoms with Gasteiger partial charge in [0.1, 0.15) is 5.75 Å². The number of rotatable bonds is 5. The van der Waals surface area contributed by atoms with Crippen molar-refractivity contribution in [3.05, 3.63) is 0 Å². The number of nitrogens with zero attached hydrogens (tertiary/aromatic N) is 1. The van der Waals surface area contributed by atoms with E-state index in [1.165, 1.54) is 0 Å². The Labute approximate surface area is 101 Å².